The Balaban J connectivity index is 0.00000161. The number of halogens is 2. The van der Waals surface area contributed by atoms with Crippen molar-refractivity contribution in [3.05, 3.63) is 29.6 Å². The van der Waals surface area contributed by atoms with Gasteiger partial charge in [0, 0.05) is 12.6 Å². The van der Waals surface area contributed by atoms with E-state index in [-0.39, 0.29) is 24.0 Å². The molecule has 2 bridgehead atoms. The average Bonchev–Trinajstić information content (AvgIpc) is 2.74. The minimum absolute atomic E-state index is 0. The Morgan fingerprint density at radius 1 is 1.19 bits per heavy atom. The van der Waals surface area contributed by atoms with Crippen LogP contribution in [0, 0.1) is 23.6 Å². The predicted octanol–water partition coefficient (Wildman–Crippen LogP) is 4.03. The van der Waals surface area contributed by atoms with E-state index in [1.54, 1.807) is 12.1 Å². The minimum atomic E-state index is -0.318. The van der Waals surface area contributed by atoms with E-state index >= 15 is 0 Å². The Hall–Kier alpha value is -0.800. The van der Waals surface area contributed by atoms with Crippen LogP contribution in [-0.4, -0.2) is 30.6 Å². The van der Waals surface area contributed by atoms with Crippen LogP contribution in [0.4, 0.5) is 4.39 Å². The van der Waals surface area contributed by atoms with Crippen LogP contribution in [0.5, 0.6) is 5.75 Å². The summed E-state index contributed by atoms with van der Waals surface area (Å²) in [7, 11) is 4.22. The quantitative estimate of drug-likeness (QED) is 0.910. The van der Waals surface area contributed by atoms with Crippen molar-refractivity contribution >= 4 is 12.4 Å². The topological polar surface area (TPSA) is 23.5 Å². The van der Waals surface area contributed by atoms with E-state index in [4.69, 9.17) is 0 Å². The van der Waals surface area contributed by atoms with Crippen LogP contribution in [-0.2, 0) is 0 Å². The van der Waals surface area contributed by atoms with Gasteiger partial charge in [0.15, 0.2) is 0 Å². The second-order valence-electron chi connectivity index (χ2n) is 6.95. The Bertz CT molecular complexity index is 473. The van der Waals surface area contributed by atoms with Crippen LogP contribution in [0.2, 0.25) is 0 Å². The SMILES string of the molecule is CN(C)CC1C2CCC(C2)CC1c1cc(O)cc(F)c1.Cl. The zero-order valence-electron chi connectivity index (χ0n) is 12.8. The molecular weight excluding hydrogens is 289 g/mol. The van der Waals surface area contributed by atoms with Crippen LogP contribution in [0.15, 0.2) is 18.2 Å². The highest BCUT2D eigenvalue weighted by Crippen LogP contribution is 2.52. The Labute approximate surface area is 132 Å². The summed E-state index contributed by atoms with van der Waals surface area (Å²) in [6.45, 7) is 1.05. The van der Waals surface area contributed by atoms with Crippen LogP contribution in [0.25, 0.3) is 0 Å². The molecule has 1 aromatic carbocycles. The number of hydrogen-bond donors (Lipinski definition) is 1. The van der Waals surface area contributed by atoms with Crippen LogP contribution < -0.4 is 0 Å². The van der Waals surface area contributed by atoms with Gasteiger partial charge in [-0.2, -0.15) is 0 Å². The maximum absolute atomic E-state index is 13.6. The second-order valence-corrected chi connectivity index (χ2v) is 6.95. The van der Waals surface area contributed by atoms with Crippen molar-refractivity contribution in [1.29, 1.82) is 0 Å². The van der Waals surface area contributed by atoms with Gasteiger partial charge in [0.25, 0.3) is 0 Å². The monoisotopic (exact) mass is 313 g/mol. The summed E-state index contributed by atoms with van der Waals surface area (Å²) in [5.41, 5.74) is 0.992. The molecule has 1 aromatic rings. The molecule has 0 spiro atoms. The number of nitrogens with zero attached hydrogens (tertiary/aromatic N) is 1. The van der Waals surface area contributed by atoms with Gasteiger partial charge in [0.05, 0.1) is 0 Å². The van der Waals surface area contributed by atoms with Crippen molar-refractivity contribution in [2.45, 2.75) is 31.6 Å². The molecular formula is C17H25ClFNO. The van der Waals surface area contributed by atoms with Crippen molar-refractivity contribution in [2.24, 2.45) is 17.8 Å². The molecule has 3 rings (SSSR count). The number of phenols is 1. The molecule has 4 atom stereocenters. The molecule has 1 N–H and O–H groups in total. The molecule has 4 heteroatoms. The molecule has 21 heavy (non-hydrogen) atoms. The molecule has 0 amide bonds. The van der Waals surface area contributed by atoms with Gasteiger partial charge in [0.1, 0.15) is 11.6 Å². The van der Waals surface area contributed by atoms with Crippen molar-refractivity contribution in [2.75, 3.05) is 20.6 Å². The Morgan fingerprint density at radius 3 is 2.62 bits per heavy atom. The van der Waals surface area contributed by atoms with E-state index in [9.17, 15) is 9.50 Å². The maximum atomic E-state index is 13.6. The Kier molecular flexibility index (Phi) is 5.15. The summed E-state index contributed by atoms with van der Waals surface area (Å²) in [6, 6.07) is 4.58. The number of fused-ring (bicyclic) bond motifs is 2. The first-order chi connectivity index (χ1) is 9.52. The summed E-state index contributed by atoms with van der Waals surface area (Å²) in [6.07, 6.45) is 5.14. The maximum Gasteiger partial charge on any atom is 0.127 e. The highest BCUT2D eigenvalue weighted by Gasteiger charge is 2.42. The molecule has 2 nitrogen and oxygen atoms in total. The Morgan fingerprint density at radius 2 is 1.95 bits per heavy atom. The van der Waals surface area contributed by atoms with Crippen molar-refractivity contribution in [3.63, 3.8) is 0 Å². The molecule has 0 radical (unpaired) electrons. The molecule has 2 aliphatic rings. The first-order valence-corrected chi connectivity index (χ1v) is 7.67. The van der Waals surface area contributed by atoms with E-state index in [2.05, 4.69) is 19.0 Å². The summed E-state index contributed by atoms with van der Waals surface area (Å²) in [4.78, 5) is 2.25. The van der Waals surface area contributed by atoms with Gasteiger partial charge < -0.3 is 10.0 Å². The van der Waals surface area contributed by atoms with E-state index in [0.29, 0.717) is 11.8 Å². The zero-order chi connectivity index (χ0) is 14.3. The number of rotatable bonds is 3. The number of benzene rings is 1. The van der Waals surface area contributed by atoms with Gasteiger partial charge in [0.2, 0.25) is 0 Å². The molecule has 4 unspecified atom stereocenters. The first kappa shape index (κ1) is 16.6. The fourth-order valence-electron chi connectivity index (χ4n) is 4.47. The molecule has 2 fully saturated rings. The van der Waals surface area contributed by atoms with E-state index in [1.807, 2.05) is 0 Å². The highest BCUT2D eigenvalue weighted by molar-refractivity contribution is 5.85. The van der Waals surface area contributed by atoms with E-state index < -0.39 is 0 Å². The molecule has 0 heterocycles. The number of aromatic hydroxyl groups is 1. The molecule has 118 valence electrons. The third-order valence-electron chi connectivity index (χ3n) is 5.20. The third-order valence-corrected chi connectivity index (χ3v) is 5.20. The number of hydrogen-bond acceptors (Lipinski definition) is 2. The standard InChI is InChI=1S/C17H24FNO.ClH/c1-19(2)10-17-12-4-3-11(5-12)6-16(17)13-7-14(18)9-15(20)8-13;/h7-9,11-12,16-17,20H,3-6,10H2,1-2H3;1H. The van der Waals surface area contributed by atoms with Crippen molar-refractivity contribution in [3.8, 4) is 5.75 Å². The molecule has 0 aliphatic heterocycles. The number of phenolic OH excluding ortho intramolecular Hbond substituents is 1. The summed E-state index contributed by atoms with van der Waals surface area (Å²) in [5.74, 6) is 2.29. The zero-order valence-corrected chi connectivity index (χ0v) is 13.6. The van der Waals surface area contributed by atoms with Gasteiger partial charge in [-0.1, -0.05) is 6.42 Å². The van der Waals surface area contributed by atoms with Crippen LogP contribution in [0.3, 0.4) is 0 Å². The van der Waals surface area contributed by atoms with Gasteiger partial charge >= 0.3 is 0 Å². The van der Waals surface area contributed by atoms with Crippen molar-refractivity contribution < 1.29 is 9.50 Å². The minimum Gasteiger partial charge on any atom is -0.508 e. The first-order valence-electron chi connectivity index (χ1n) is 7.67. The van der Waals surface area contributed by atoms with Gasteiger partial charge in [-0.05, 0) is 74.7 Å². The lowest BCUT2D eigenvalue weighted by Gasteiger charge is -2.38. The van der Waals surface area contributed by atoms with Crippen molar-refractivity contribution in [1.82, 2.24) is 4.90 Å². The fraction of sp³-hybridized carbons (Fsp3) is 0.647. The lowest BCUT2D eigenvalue weighted by molar-refractivity contribution is 0.164. The fourth-order valence-corrected chi connectivity index (χ4v) is 4.47. The van der Waals surface area contributed by atoms with Crippen LogP contribution in [0.1, 0.15) is 37.2 Å². The molecule has 0 saturated heterocycles. The van der Waals surface area contributed by atoms with Gasteiger partial charge in [-0.25, -0.2) is 4.39 Å². The average molecular weight is 314 g/mol. The van der Waals surface area contributed by atoms with E-state index in [1.165, 1.54) is 25.3 Å². The lowest BCUT2D eigenvalue weighted by atomic mass is 9.69. The summed E-state index contributed by atoms with van der Waals surface area (Å²) >= 11 is 0. The van der Waals surface area contributed by atoms with E-state index in [0.717, 1.165) is 30.4 Å². The van der Waals surface area contributed by atoms with Crippen LogP contribution >= 0.6 is 12.4 Å². The third kappa shape index (κ3) is 3.51. The van der Waals surface area contributed by atoms with Gasteiger partial charge in [-0.15, -0.1) is 12.4 Å². The highest BCUT2D eigenvalue weighted by atomic mass is 35.5. The smallest absolute Gasteiger partial charge is 0.127 e. The van der Waals surface area contributed by atoms with Gasteiger partial charge in [-0.3, -0.25) is 0 Å². The molecule has 2 aliphatic carbocycles. The second kappa shape index (κ2) is 6.53. The molecule has 0 aromatic heterocycles. The predicted molar refractivity (Wildman–Crippen MR) is 85.5 cm³/mol. The summed E-state index contributed by atoms with van der Waals surface area (Å²) in [5, 5.41) is 9.69. The normalized spacial score (nSPS) is 31.2. The lowest BCUT2D eigenvalue weighted by Crippen LogP contribution is -2.34. The summed E-state index contributed by atoms with van der Waals surface area (Å²) < 4.78 is 13.6. The largest absolute Gasteiger partial charge is 0.508 e. The molecule has 2 saturated carbocycles.